The van der Waals surface area contributed by atoms with E-state index >= 15 is 0 Å². The Balaban J connectivity index is 1.79. The lowest BCUT2D eigenvalue weighted by Gasteiger charge is -2.24. The summed E-state index contributed by atoms with van der Waals surface area (Å²) in [6.45, 7) is 3.85. The van der Waals surface area contributed by atoms with Gasteiger partial charge in [-0.15, -0.1) is 0 Å². The quantitative estimate of drug-likeness (QED) is 0.775. The van der Waals surface area contributed by atoms with E-state index in [4.69, 9.17) is 0 Å². The molecule has 20 heavy (non-hydrogen) atoms. The Bertz CT molecular complexity index is 605. The summed E-state index contributed by atoms with van der Waals surface area (Å²) in [5, 5.41) is 3.57. The van der Waals surface area contributed by atoms with E-state index < -0.39 is 0 Å². The van der Waals surface area contributed by atoms with Crippen molar-refractivity contribution in [1.82, 2.24) is 19.4 Å². The van der Waals surface area contributed by atoms with Gasteiger partial charge in [0, 0.05) is 51.5 Å². The van der Waals surface area contributed by atoms with Crippen LogP contribution in [-0.2, 0) is 20.6 Å². The van der Waals surface area contributed by atoms with Gasteiger partial charge in [0.1, 0.15) is 0 Å². The smallest absolute Gasteiger partial charge is 0.312 e. The van der Waals surface area contributed by atoms with Crippen LogP contribution < -0.4 is 16.6 Å². The summed E-state index contributed by atoms with van der Waals surface area (Å²) in [7, 11) is 3.25. The van der Waals surface area contributed by atoms with Gasteiger partial charge in [-0.2, -0.15) is 0 Å². The van der Waals surface area contributed by atoms with Gasteiger partial charge in [-0.1, -0.05) is 0 Å². The van der Waals surface area contributed by atoms with Crippen molar-refractivity contribution in [3.8, 4) is 0 Å². The predicted octanol–water partition coefficient (Wildman–Crippen LogP) is -0.732. The molecule has 0 amide bonds. The molecule has 2 saturated heterocycles. The molecule has 2 fully saturated rings. The molecular weight excluding hydrogens is 256 g/mol. The van der Waals surface area contributed by atoms with Crippen LogP contribution in [0, 0.1) is 5.92 Å². The Hall–Kier alpha value is -1.40. The van der Waals surface area contributed by atoms with Gasteiger partial charge in [0.2, 0.25) is 0 Å². The molecule has 0 radical (unpaired) electrons. The molecule has 1 aromatic rings. The van der Waals surface area contributed by atoms with Crippen LogP contribution in [0.2, 0.25) is 0 Å². The third-order valence-corrected chi connectivity index (χ3v) is 4.69. The topological polar surface area (TPSA) is 59.3 Å². The molecule has 0 aliphatic carbocycles. The number of hydrogen-bond donors (Lipinski definition) is 1. The summed E-state index contributed by atoms with van der Waals surface area (Å²) in [5.41, 5.74) is 0.330. The van der Waals surface area contributed by atoms with Crippen LogP contribution in [-0.4, -0.2) is 39.7 Å². The maximum absolute atomic E-state index is 11.9. The van der Waals surface area contributed by atoms with Crippen molar-refractivity contribution < 1.29 is 0 Å². The van der Waals surface area contributed by atoms with Gasteiger partial charge in [-0.05, 0) is 25.3 Å². The molecule has 0 bridgehead atoms. The Labute approximate surface area is 118 Å². The second kappa shape index (κ2) is 5.18. The summed E-state index contributed by atoms with van der Waals surface area (Å²) in [5.74, 6) is 0.715. The van der Waals surface area contributed by atoms with Gasteiger partial charge in [0.15, 0.2) is 0 Å². The molecule has 0 spiro atoms. The van der Waals surface area contributed by atoms with Gasteiger partial charge >= 0.3 is 5.69 Å². The van der Waals surface area contributed by atoms with E-state index in [1.54, 1.807) is 17.7 Å². The lowest BCUT2D eigenvalue weighted by atomic mass is 9.94. The molecule has 6 heteroatoms. The number of likely N-dealkylation sites (tertiary alicyclic amines) is 1. The molecule has 0 aromatic carbocycles. The highest BCUT2D eigenvalue weighted by atomic mass is 16.2. The zero-order chi connectivity index (χ0) is 14.3. The van der Waals surface area contributed by atoms with Crippen molar-refractivity contribution in [3.63, 3.8) is 0 Å². The highest BCUT2D eigenvalue weighted by Crippen LogP contribution is 2.25. The van der Waals surface area contributed by atoms with Gasteiger partial charge in [0.05, 0.1) is 0 Å². The number of aromatic nitrogens is 2. The van der Waals surface area contributed by atoms with Crippen molar-refractivity contribution in [1.29, 1.82) is 0 Å². The largest absolute Gasteiger partial charge is 0.330 e. The lowest BCUT2D eigenvalue weighted by Crippen LogP contribution is -2.41. The van der Waals surface area contributed by atoms with Gasteiger partial charge < -0.3 is 5.32 Å². The highest BCUT2D eigenvalue weighted by Gasteiger charge is 2.34. The van der Waals surface area contributed by atoms with Crippen molar-refractivity contribution in [2.45, 2.75) is 25.4 Å². The van der Waals surface area contributed by atoms with Crippen LogP contribution in [0.3, 0.4) is 0 Å². The van der Waals surface area contributed by atoms with E-state index in [1.807, 2.05) is 0 Å². The minimum Gasteiger partial charge on any atom is -0.312 e. The molecule has 6 nitrogen and oxygen atoms in total. The van der Waals surface area contributed by atoms with Gasteiger partial charge in [-0.3, -0.25) is 18.8 Å². The third kappa shape index (κ3) is 2.33. The normalized spacial score (nSPS) is 26.7. The molecule has 110 valence electrons. The van der Waals surface area contributed by atoms with Crippen LogP contribution in [0.25, 0.3) is 0 Å². The van der Waals surface area contributed by atoms with E-state index in [0.717, 1.165) is 29.9 Å². The van der Waals surface area contributed by atoms with Crippen molar-refractivity contribution in [2.75, 3.05) is 19.6 Å². The number of rotatable bonds is 2. The molecule has 1 aromatic heterocycles. The van der Waals surface area contributed by atoms with Gasteiger partial charge in [-0.25, -0.2) is 4.79 Å². The average Bonchev–Trinajstić information content (AvgIpc) is 2.84. The fraction of sp³-hybridized carbons (Fsp3) is 0.714. The Morgan fingerprint density at radius 1 is 1.25 bits per heavy atom. The van der Waals surface area contributed by atoms with E-state index in [9.17, 15) is 9.59 Å². The Morgan fingerprint density at radius 2 is 2.05 bits per heavy atom. The number of piperidine rings is 1. The second-order valence-corrected chi connectivity index (χ2v) is 6.03. The van der Waals surface area contributed by atoms with Crippen molar-refractivity contribution in [2.24, 2.45) is 20.0 Å². The monoisotopic (exact) mass is 278 g/mol. The minimum atomic E-state index is -0.248. The fourth-order valence-electron chi connectivity index (χ4n) is 3.42. The summed E-state index contributed by atoms with van der Waals surface area (Å²) >= 11 is 0. The van der Waals surface area contributed by atoms with Gasteiger partial charge in [0.25, 0.3) is 5.56 Å². The van der Waals surface area contributed by atoms with Crippen molar-refractivity contribution >= 4 is 0 Å². The first-order valence-electron chi connectivity index (χ1n) is 7.28. The van der Waals surface area contributed by atoms with Crippen LogP contribution in [0.4, 0.5) is 0 Å². The van der Waals surface area contributed by atoms with E-state index in [0.29, 0.717) is 18.5 Å². The molecule has 2 aliphatic rings. The van der Waals surface area contributed by atoms with Crippen LogP contribution in [0.1, 0.15) is 18.5 Å². The molecule has 2 unspecified atom stereocenters. The SMILES string of the molecule is Cn1c(CN2CC3CCCNC3C2)cc(=O)n(C)c1=O. The number of fused-ring (bicyclic) bond motifs is 1. The summed E-state index contributed by atoms with van der Waals surface area (Å²) in [6.07, 6.45) is 2.53. The second-order valence-electron chi connectivity index (χ2n) is 6.03. The molecule has 3 rings (SSSR count). The Kier molecular flexibility index (Phi) is 3.52. The molecule has 2 atom stereocenters. The first-order chi connectivity index (χ1) is 9.56. The van der Waals surface area contributed by atoms with E-state index in [-0.39, 0.29) is 11.2 Å². The molecule has 2 aliphatic heterocycles. The summed E-state index contributed by atoms with van der Waals surface area (Å²) in [6, 6.07) is 2.16. The third-order valence-electron chi connectivity index (χ3n) is 4.69. The minimum absolute atomic E-state index is 0.224. The number of nitrogens with one attached hydrogen (secondary N) is 1. The maximum atomic E-state index is 11.9. The summed E-state index contributed by atoms with van der Waals surface area (Å²) < 4.78 is 2.73. The fourth-order valence-corrected chi connectivity index (χ4v) is 3.42. The molecule has 1 N–H and O–H groups in total. The zero-order valence-electron chi connectivity index (χ0n) is 12.1. The van der Waals surface area contributed by atoms with E-state index in [2.05, 4.69) is 10.2 Å². The molecule has 3 heterocycles. The summed E-state index contributed by atoms with van der Waals surface area (Å²) in [4.78, 5) is 26.0. The lowest BCUT2D eigenvalue weighted by molar-refractivity contribution is 0.303. The Morgan fingerprint density at radius 3 is 2.80 bits per heavy atom. The van der Waals surface area contributed by atoms with Crippen molar-refractivity contribution in [3.05, 3.63) is 32.6 Å². The number of hydrogen-bond acceptors (Lipinski definition) is 4. The molecular formula is C14H22N4O2. The van der Waals surface area contributed by atoms with Crippen LogP contribution in [0.5, 0.6) is 0 Å². The average molecular weight is 278 g/mol. The van der Waals surface area contributed by atoms with Crippen LogP contribution in [0.15, 0.2) is 15.7 Å². The predicted molar refractivity (Wildman–Crippen MR) is 76.7 cm³/mol. The standard InChI is InChI=1S/C14H22N4O2/c1-16-11(6-13(19)17(2)14(16)20)8-18-7-10-4-3-5-15-12(10)9-18/h6,10,12,15H,3-5,7-9H2,1-2H3. The number of nitrogens with zero attached hydrogens (tertiary/aromatic N) is 3. The van der Waals surface area contributed by atoms with Crippen LogP contribution >= 0.6 is 0 Å². The first-order valence-corrected chi connectivity index (χ1v) is 7.28. The van der Waals surface area contributed by atoms with E-state index in [1.165, 1.54) is 19.9 Å². The molecule has 0 saturated carbocycles. The zero-order valence-corrected chi connectivity index (χ0v) is 12.1. The first kappa shape index (κ1) is 13.6. The maximum Gasteiger partial charge on any atom is 0.330 e. The highest BCUT2D eigenvalue weighted by molar-refractivity contribution is 5.04.